The number of nitrogens with zero attached hydrogens (tertiary/aromatic N) is 1. The standard InChI is InChI=1S/C11H13BrN2O2S2/c12-9-7-8(11(13)17)3-4-10(9)14-5-1-2-6-18(14,15)16/h3-4,7H,1-2,5-6H2,(H2,13,17). The van der Waals surface area contributed by atoms with Crippen molar-refractivity contribution < 1.29 is 8.42 Å². The van der Waals surface area contributed by atoms with E-state index < -0.39 is 10.0 Å². The summed E-state index contributed by atoms with van der Waals surface area (Å²) < 4.78 is 26.2. The molecular formula is C11H13BrN2O2S2. The Morgan fingerprint density at radius 2 is 2.11 bits per heavy atom. The zero-order chi connectivity index (χ0) is 13.3. The van der Waals surface area contributed by atoms with Crippen LogP contribution < -0.4 is 10.0 Å². The van der Waals surface area contributed by atoms with Gasteiger partial charge in [0.15, 0.2) is 0 Å². The van der Waals surface area contributed by atoms with Crippen molar-refractivity contribution in [1.29, 1.82) is 0 Å². The van der Waals surface area contributed by atoms with E-state index in [-0.39, 0.29) is 5.75 Å². The highest BCUT2D eigenvalue weighted by Gasteiger charge is 2.27. The molecule has 0 saturated carbocycles. The number of hydrogen-bond acceptors (Lipinski definition) is 3. The lowest BCUT2D eigenvalue weighted by Gasteiger charge is -2.29. The van der Waals surface area contributed by atoms with Gasteiger partial charge in [0.25, 0.3) is 0 Å². The van der Waals surface area contributed by atoms with Crippen LogP contribution in [0.4, 0.5) is 5.69 Å². The molecule has 18 heavy (non-hydrogen) atoms. The maximum atomic E-state index is 12.0. The number of rotatable bonds is 2. The van der Waals surface area contributed by atoms with Gasteiger partial charge in [-0.25, -0.2) is 8.42 Å². The fourth-order valence-electron chi connectivity index (χ4n) is 1.92. The summed E-state index contributed by atoms with van der Waals surface area (Å²) in [4.78, 5) is 0.295. The van der Waals surface area contributed by atoms with Crippen molar-refractivity contribution in [3.8, 4) is 0 Å². The average Bonchev–Trinajstić information content (AvgIpc) is 2.29. The lowest BCUT2D eigenvalue weighted by Crippen LogP contribution is -2.38. The van der Waals surface area contributed by atoms with Gasteiger partial charge in [-0.2, -0.15) is 0 Å². The van der Waals surface area contributed by atoms with E-state index in [9.17, 15) is 8.42 Å². The van der Waals surface area contributed by atoms with Gasteiger partial charge in [-0.1, -0.05) is 12.2 Å². The molecule has 2 N–H and O–H groups in total. The first-order valence-corrected chi connectivity index (χ1v) is 8.32. The predicted molar refractivity (Wildman–Crippen MR) is 80.4 cm³/mol. The highest BCUT2D eigenvalue weighted by molar-refractivity contribution is 9.10. The number of benzene rings is 1. The van der Waals surface area contributed by atoms with Gasteiger partial charge in [-0.05, 0) is 47.0 Å². The second kappa shape index (κ2) is 5.14. The van der Waals surface area contributed by atoms with Crippen LogP contribution in [0.3, 0.4) is 0 Å². The third-order valence-electron chi connectivity index (χ3n) is 2.85. The lowest BCUT2D eigenvalue weighted by molar-refractivity contribution is 0.574. The van der Waals surface area contributed by atoms with E-state index in [0.29, 0.717) is 21.7 Å². The molecular weight excluding hydrogens is 336 g/mol. The van der Waals surface area contributed by atoms with Gasteiger partial charge in [-0.15, -0.1) is 0 Å². The van der Waals surface area contributed by atoms with Gasteiger partial charge in [0.05, 0.1) is 11.4 Å². The van der Waals surface area contributed by atoms with Gasteiger partial charge < -0.3 is 5.73 Å². The molecule has 1 fully saturated rings. The Hall–Kier alpha value is -0.660. The third kappa shape index (κ3) is 2.67. The zero-order valence-electron chi connectivity index (χ0n) is 9.60. The highest BCUT2D eigenvalue weighted by atomic mass is 79.9. The van der Waals surface area contributed by atoms with E-state index in [1.165, 1.54) is 4.31 Å². The fraction of sp³-hybridized carbons (Fsp3) is 0.364. The monoisotopic (exact) mass is 348 g/mol. The molecule has 1 aromatic rings. The molecule has 98 valence electrons. The maximum Gasteiger partial charge on any atom is 0.235 e. The number of halogens is 1. The molecule has 0 spiro atoms. The molecule has 0 aliphatic carbocycles. The van der Waals surface area contributed by atoms with Crippen molar-refractivity contribution >= 4 is 48.8 Å². The van der Waals surface area contributed by atoms with E-state index in [2.05, 4.69) is 15.9 Å². The number of nitrogens with two attached hydrogens (primary N) is 1. The Labute approximate surface area is 120 Å². The molecule has 0 atom stereocenters. The van der Waals surface area contributed by atoms with E-state index >= 15 is 0 Å². The summed E-state index contributed by atoms with van der Waals surface area (Å²) in [6, 6.07) is 5.23. The Bertz CT molecular complexity index is 587. The Balaban J connectivity index is 2.42. The Kier molecular flexibility index (Phi) is 3.93. The smallest absolute Gasteiger partial charge is 0.235 e. The van der Waals surface area contributed by atoms with Crippen LogP contribution in [0.5, 0.6) is 0 Å². The van der Waals surface area contributed by atoms with Gasteiger partial charge in [0.1, 0.15) is 4.99 Å². The second-order valence-electron chi connectivity index (χ2n) is 4.13. The molecule has 7 heteroatoms. The summed E-state index contributed by atoms with van der Waals surface area (Å²) in [7, 11) is -3.19. The summed E-state index contributed by atoms with van der Waals surface area (Å²) in [5.74, 6) is 0.205. The SMILES string of the molecule is NC(=S)c1ccc(N2CCCCS2(=O)=O)c(Br)c1. The molecule has 0 amide bonds. The van der Waals surface area contributed by atoms with Crippen LogP contribution in [0.2, 0.25) is 0 Å². The van der Waals surface area contributed by atoms with Crippen LogP contribution in [0.1, 0.15) is 18.4 Å². The Morgan fingerprint density at radius 1 is 1.39 bits per heavy atom. The number of anilines is 1. The maximum absolute atomic E-state index is 12.0. The molecule has 1 heterocycles. The van der Waals surface area contributed by atoms with E-state index in [1.807, 2.05) is 0 Å². The summed E-state index contributed by atoms with van der Waals surface area (Å²) in [6.45, 7) is 0.521. The minimum absolute atomic E-state index is 0.205. The van der Waals surface area contributed by atoms with Crippen LogP contribution in [0.25, 0.3) is 0 Å². The third-order valence-corrected chi connectivity index (χ3v) is 5.58. The van der Waals surface area contributed by atoms with Crippen molar-refractivity contribution in [2.24, 2.45) is 5.73 Å². The van der Waals surface area contributed by atoms with Crippen LogP contribution in [-0.2, 0) is 10.0 Å². The summed E-state index contributed by atoms with van der Waals surface area (Å²) in [5, 5.41) is 0. The van der Waals surface area contributed by atoms with Gasteiger partial charge in [0.2, 0.25) is 10.0 Å². The van der Waals surface area contributed by atoms with Gasteiger partial charge >= 0.3 is 0 Å². The van der Waals surface area contributed by atoms with Crippen molar-refractivity contribution in [3.05, 3.63) is 28.2 Å². The van der Waals surface area contributed by atoms with Crippen molar-refractivity contribution in [2.45, 2.75) is 12.8 Å². The normalized spacial score (nSPS) is 18.6. The lowest BCUT2D eigenvalue weighted by atomic mass is 10.2. The quantitative estimate of drug-likeness (QED) is 0.830. The molecule has 1 saturated heterocycles. The summed E-state index contributed by atoms with van der Waals surface area (Å²) in [6.07, 6.45) is 1.60. The molecule has 4 nitrogen and oxygen atoms in total. The van der Waals surface area contributed by atoms with Crippen LogP contribution >= 0.6 is 28.1 Å². The van der Waals surface area contributed by atoms with Crippen LogP contribution in [0.15, 0.2) is 22.7 Å². The number of thiocarbonyl (C=S) groups is 1. The number of sulfonamides is 1. The van der Waals surface area contributed by atoms with E-state index in [0.717, 1.165) is 18.4 Å². The molecule has 0 aromatic heterocycles. The largest absolute Gasteiger partial charge is 0.389 e. The predicted octanol–water partition coefficient (Wildman–Crippen LogP) is 2.01. The van der Waals surface area contributed by atoms with Crippen molar-refractivity contribution in [2.75, 3.05) is 16.6 Å². The zero-order valence-corrected chi connectivity index (χ0v) is 12.8. The van der Waals surface area contributed by atoms with Crippen LogP contribution in [0, 0.1) is 0 Å². The number of hydrogen-bond donors (Lipinski definition) is 1. The van der Waals surface area contributed by atoms with Crippen molar-refractivity contribution in [1.82, 2.24) is 0 Å². The minimum Gasteiger partial charge on any atom is -0.389 e. The average molecular weight is 349 g/mol. The van der Waals surface area contributed by atoms with Gasteiger partial charge in [0, 0.05) is 16.6 Å². The van der Waals surface area contributed by atoms with Crippen molar-refractivity contribution in [3.63, 3.8) is 0 Å². The Morgan fingerprint density at radius 3 is 2.67 bits per heavy atom. The van der Waals surface area contributed by atoms with Gasteiger partial charge in [-0.3, -0.25) is 4.31 Å². The first-order valence-electron chi connectivity index (χ1n) is 5.51. The highest BCUT2D eigenvalue weighted by Crippen LogP contribution is 2.31. The summed E-state index contributed by atoms with van der Waals surface area (Å²) in [5.41, 5.74) is 6.91. The second-order valence-corrected chi connectivity index (χ2v) is 7.43. The van der Waals surface area contributed by atoms with Crippen LogP contribution in [-0.4, -0.2) is 25.7 Å². The molecule has 1 aliphatic rings. The molecule has 0 bridgehead atoms. The first kappa shape index (κ1) is 13.8. The molecule has 1 aliphatic heterocycles. The minimum atomic E-state index is -3.19. The molecule has 2 rings (SSSR count). The van der Waals surface area contributed by atoms with E-state index in [4.69, 9.17) is 18.0 Å². The first-order chi connectivity index (χ1) is 8.42. The fourth-order valence-corrected chi connectivity index (χ4v) is 4.41. The topological polar surface area (TPSA) is 63.4 Å². The molecule has 0 radical (unpaired) electrons. The molecule has 1 aromatic carbocycles. The van der Waals surface area contributed by atoms with E-state index in [1.54, 1.807) is 18.2 Å². The summed E-state index contributed by atoms with van der Waals surface area (Å²) >= 11 is 8.27. The molecule has 0 unspecified atom stereocenters.